The van der Waals surface area contributed by atoms with E-state index in [1.54, 1.807) is 96.3 Å². The number of rotatable bonds is 15. The van der Waals surface area contributed by atoms with E-state index >= 15 is 0 Å². The van der Waals surface area contributed by atoms with Gasteiger partial charge in [0.05, 0.1) is 24.6 Å². The molecule has 2 aromatic carbocycles. The zero-order chi connectivity index (χ0) is 39.4. The van der Waals surface area contributed by atoms with E-state index in [2.05, 4.69) is 31.1 Å². The minimum Gasteiger partial charge on any atom is -0.379 e. The van der Waals surface area contributed by atoms with Gasteiger partial charge in [0.1, 0.15) is 11.4 Å². The average molecular weight is 765 g/mol. The van der Waals surface area contributed by atoms with E-state index in [9.17, 15) is 24.0 Å². The third kappa shape index (κ3) is 10.8. The van der Waals surface area contributed by atoms with Crippen molar-refractivity contribution in [3.05, 3.63) is 107 Å². The van der Waals surface area contributed by atoms with Gasteiger partial charge in [-0.3, -0.25) is 28.9 Å². The molecule has 14 nitrogen and oxygen atoms in total. The lowest BCUT2D eigenvalue weighted by Crippen LogP contribution is -2.38. The van der Waals surface area contributed by atoms with Crippen LogP contribution in [0.1, 0.15) is 89.7 Å². The monoisotopic (exact) mass is 764 g/mol. The van der Waals surface area contributed by atoms with Gasteiger partial charge in [-0.2, -0.15) is 0 Å². The molecule has 4 heterocycles. The highest BCUT2D eigenvalue weighted by Gasteiger charge is 2.18. The Balaban J connectivity index is 0.960. The van der Waals surface area contributed by atoms with Gasteiger partial charge in [-0.15, -0.1) is 0 Å². The number of likely N-dealkylation sites (tertiary alicyclic amines) is 1. The number of morpholine rings is 1. The van der Waals surface area contributed by atoms with E-state index in [0.29, 0.717) is 58.1 Å². The first kappa shape index (κ1) is 40.1. The predicted octanol–water partition coefficient (Wildman–Crippen LogP) is 4.16. The summed E-state index contributed by atoms with van der Waals surface area (Å²) >= 11 is 0. The number of ketones is 1. The van der Waals surface area contributed by atoms with Crippen LogP contribution in [0.3, 0.4) is 0 Å². The highest BCUT2D eigenvalue weighted by atomic mass is 16.5. The number of aromatic nitrogens is 2. The Labute approximate surface area is 327 Å². The van der Waals surface area contributed by atoms with Gasteiger partial charge < -0.3 is 40.0 Å². The summed E-state index contributed by atoms with van der Waals surface area (Å²) in [6.07, 6.45) is 9.12. The van der Waals surface area contributed by atoms with E-state index < -0.39 is 0 Å². The van der Waals surface area contributed by atoms with Gasteiger partial charge in [0.25, 0.3) is 23.6 Å². The second-order valence-corrected chi connectivity index (χ2v) is 14.4. The number of hydrogen-bond acceptors (Lipinski definition) is 8. The smallest absolute Gasteiger partial charge is 0.268 e. The molecule has 2 aliphatic heterocycles. The van der Waals surface area contributed by atoms with Gasteiger partial charge in [0, 0.05) is 81.5 Å². The number of nitrogens with one attached hydrogen (secondary N) is 4. The second-order valence-electron chi connectivity index (χ2n) is 14.4. The van der Waals surface area contributed by atoms with Crippen molar-refractivity contribution in [3.63, 3.8) is 0 Å². The zero-order valence-corrected chi connectivity index (χ0v) is 32.3. The van der Waals surface area contributed by atoms with Gasteiger partial charge in [-0.1, -0.05) is 37.1 Å². The fourth-order valence-electron chi connectivity index (χ4n) is 7.03. The summed E-state index contributed by atoms with van der Waals surface area (Å²) in [5.41, 5.74) is 3.31. The second kappa shape index (κ2) is 19.3. The number of hydrogen-bond donors (Lipinski definition) is 4. The Morgan fingerprint density at radius 1 is 0.554 bits per heavy atom. The van der Waals surface area contributed by atoms with Crippen molar-refractivity contribution in [2.24, 2.45) is 14.1 Å². The number of anilines is 2. The van der Waals surface area contributed by atoms with Crippen LogP contribution in [0.4, 0.5) is 11.4 Å². The Morgan fingerprint density at radius 2 is 1.00 bits per heavy atom. The molecule has 2 aliphatic rings. The molecule has 0 saturated carbocycles. The summed E-state index contributed by atoms with van der Waals surface area (Å²) < 4.78 is 8.72. The summed E-state index contributed by atoms with van der Waals surface area (Å²) in [5.74, 6) is -1.43. The minimum atomic E-state index is -0.378. The Morgan fingerprint density at radius 3 is 1.50 bits per heavy atom. The third-order valence-electron chi connectivity index (χ3n) is 10.3. The Bertz CT molecular complexity index is 1990. The SMILES string of the molecule is Cn1cc(NC(=O)c2ccc(C(=O)c3ccc(C(=O)Nc4cc(C(=O)NCCN5CCCCCC5)n(C)c4)cc3)cc2)cc1C(=O)NCCCN1CCOCC1. The van der Waals surface area contributed by atoms with Crippen LogP contribution in [0, 0.1) is 0 Å². The Kier molecular flexibility index (Phi) is 13.8. The van der Waals surface area contributed by atoms with E-state index in [1.165, 1.54) is 25.7 Å². The number of benzene rings is 2. The van der Waals surface area contributed by atoms with Crippen molar-refractivity contribution in [1.82, 2.24) is 29.6 Å². The number of carbonyl (C=O) groups excluding carboxylic acids is 5. The first-order valence-corrected chi connectivity index (χ1v) is 19.4. The van der Waals surface area contributed by atoms with E-state index in [0.717, 1.165) is 58.9 Å². The molecule has 14 heteroatoms. The van der Waals surface area contributed by atoms with Crippen LogP contribution in [0.5, 0.6) is 0 Å². The van der Waals surface area contributed by atoms with E-state index in [4.69, 9.17) is 4.74 Å². The quantitative estimate of drug-likeness (QED) is 0.104. The zero-order valence-electron chi connectivity index (χ0n) is 32.3. The van der Waals surface area contributed by atoms with Crippen molar-refractivity contribution in [1.29, 1.82) is 0 Å². The summed E-state index contributed by atoms with van der Waals surface area (Å²) in [4.78, 5) is 69.7. The lowest BCUT2D eigenvalue weighted by Gasteiger charge is -2.26. The van der Waals surface area contributed by atoms with Crippen LogP contribution in [0.15, 0.2) is 73.1 Å². The highest BCUT2D eigenvalue weighted by molar-refractivity contribution is 6.11. The molecule has 4 aromatic rings. The van der Waals surface area contributed by atoms with Crippen molar-refractivity contribution < 1.29 is 28.7 Å². The first-order chi connectivity index (χ1) is 27.1. The summed E-state index contributed by atoms with van der Waals surface area (Å²) in [6, 6.07) is 15.9. The molecule has 2 saturated heterocycles. The maximum absolute atomic E-state index is 13.3. The lowest BCUT2D eigenvalue weighted by molar-refractivity contribution is 0.0374. The summed E-state index contributed by atoms with van der Waals surface area (Å²) in [5, 5.41) is 11.6. The fourth-order valence-corrected chi connectivity index (χ4v) is 7.03. The van der Waals surface area contributed by atoms with Crippen LogP contribution in [-0.2, 0) is 18.8 Å². The normalized spacial score (nSPS) is 15.1. The third-order valence-corrected chi connectivity index (χ3v) is 10.3. The number of aryl methyl sites for hydroxylation is 2. The molecule has 0 aliphatic carbocycles. The molecule has 0 radical (unpaired) electrons. The first-order valence-electron chi connectivity index (χ1n) is 19.4. The largest absolute Gasteiger partial charge is 0.379 e. The minimum absolute atomic E-state index is 0.198. The van der Waals surface area contributed by atoms with Crippen molar-refractivity contribution in [3.8, 4) is 0 Å². The topological polar surface area (TPSA) is 159 Å². The molecule has 296 valence electrons. The van der Waals surface area contributed by atoms with Crippen molar-refractivity contribution in [2.75, 3.05) is 76.2 Å². The Hall–Kier alpha value is -5.57. The average Bonchev–Trinajstić information content (AvgIpc) is 3.65. The summed E-state index contributed by atoms with van der Waals surface area (Å²) in [6.45, 7) is 8.25. The van der Waals surface area contributed by atoms with E-state index in [-0.39, 0.29) is 29.4 Å². The van der Waals surface area contributed by atoms with E-state index in [1.807, 2.05) is 0 Å². The predicted molar refractivity (Wildman–Crippen MR) is 214 cm³/mol. The molecular formula is C42H52N8O6. The van der Waals surface area contributed by atoms with Crippen LogP contribution < -0.4 is 21.3 Å². The number of amides is 4. The van der Waals surface area contributed by atoms with Gasteiger partial charge in [0.15, 0.2) is 5.78 Å². The van der Waals surface area contributed by atoms with Gasteiger partial charge in [-0.05, 0) is 75.3 Å². The maximum Gasteiger partial charge on any atom is 0.268 e. The molecular weight excluding hydrogens is 713 g/mol. The number of carbonyl (C=O) groups is 5. The number of ether oxygens (including phenoxy) is 1. The van der Waals surface area contributed by atoms with Crippen molar-refractivity contribution in [2.45, 2.75) is 32.1 Å². The molecule has 6 rings (SSSR count). The molecule has 0 bridgehead atoms. The van der Waals surface area contributed by atoms with Gasteiger partial charge >= 0.3 is 0 Å². The molecule has 4 amide bonds. The number of nitrogens with zero attached hydrogens (tertiary/aromatic N) is 4. The molecule has 4 N–H and O–H groups in total. The van der Waals surface area contributed by atoms with Gasteiger partial charge in [0.2, 0.25) is 0 Å². The van der Waals surface area contributed by atoms with Crippen LogP contribution in [0.2, 0.25) is 0 Å². The maximum atomic E-state index is 13.3. The van der Waals surface area contributed by atoms with Gasteiger partial charge in [-0.25, -0.2) is 0 Å². The van der Waals surface area contributed by atoms with Crippen molar-refractivity contribution >= 4 is 40.8 Å². The molecule has 56 heavy (non-hydrogen) atoms. The van der Waals surface area contributed by atoms with Crippen LogP contribution in [-0.4, -0.2) is 114 Å². The molecule has 2 aromatic heterocycles. The highest BCUT2D eigenvalue weighted by Crippen LogP contribution is 2.18. The molecule has 0 spiro atoms. The van der Waals surface area contributed by atoms with Crippen LogP contribution in [0.25, 0.3) is 0 Å². The molecule has 0 unspecified atom stereocenters. The molecule has 2 fully saturated rings. The molecule has 0 atom stereocenters. The fraction of sp³-hybridized carbons (Fsp3) is 0.405. The summed E-state index contributed by atoms with van der Waals surface area (Å²) in [7, 11) is 3.51. The van der Waals surface area contributed by atoms with Crippen LogP contribution >= 0.6 is 0 Å². The standard InChI is InChI=1S/C42H52N8O6/c1-47-28-34(26-36(47)41(54)43-16-7-20-50-22-24-56-25-23-50)45-39(52)32-12-8-30(9-13-32)38(51)31-10-14-33(15-11-31)40(53)46-35-27-37(48(2)29-35)42(55)44-17-21-49-18-5-3-4-6-19-49/h8-15,26-29H,3-7,16-25H2,1-2H3,(H,43,54)(H,44,55)(H,45,52)(H,46,53). The lowest BCUT2D eigenvalue weighted by atomic mass is 10.0.